The summed E-state index contributed by atoms with van der Waals surface area (Å²) in [5, 5.41) is 10.8. The van der Waals surface area contributed by atoms with Gasteiger partial charge in [-0.05, 0) is 50.0 Å². The van der Waals surface area contributed by atoms with Crippen molar-refractivity contribution in [3.63, 3.8) is 0 Å². The van der Waals surface area contributed by atoms with Gasteiger partial charge >= 0.3 is 0 Å². The van der Waals surface area contributed by atoms with Gasteiger partial charge in [-0.25, -0.2) is 0 Å². The van der Waals surface area contributed by atoms with Crippen LogP contribution in [-0.2, 0) is 28.1 Å². The molecule has 1 spiro atoms. The summed E-state index contributed by atoms with van der Waals surface area (Å²) in [6.07, 6.45) is 4.49. The number of carbonyl (C=O) groups excluding carboxylic acids is 3. The summed E-state index contributed by atoms with van der Waals surface area (Å²) < 4.78 is 6.30. The van der Waals surface area contributed by atoms with E-state index in [1.807, 2.05) is 18.3 Å². The fourth-order valence-corrected chi connectivity index (χ4v) is 6.44. The molecule has 9 nitrogen and oxygen atoms in total. The molecule has 2 saturated heterocycles. The number of nitrogens with zero attached hydrogens (tertiary/aromatic N) is 3. The Morgan fingerprint density at radius 2 is 1.97 bits per heavy atom. The molecule has 4 aliphatic rings. The second-order valence-electron chi connectivity index (χ2n) is 10.5. The van der Waals surface area contributed by atoms with Gasteiger partial charge in [0.2, 0.25) is 11.8 Å². The first-order valence-corrected chi connectivity index (χ1v) is 12.6. The van der Waals surface area contributed by atoms with Gasteiger partial charge in [0.1, 0.15) is 11.8 Å². The average Bonchev–Trinajstić information content (AvgIpc) is 3.58. The summed E-state index contributed by atoms with van der Waals surface area (Å²) in [5.74, 6) is 0.00152. The summed E-state index contributed by atoms with van der Waals surface area (Å²) in [4.78, 5) is 41.2. The van der Waals surface area contributed by atoms with Gasteiger partial charge in [0.25, 0.3) is 5.91 Å². The van der Waals surface area contributed by atoms with E-state index in [0.717, 1.165) is 49.3 Å². The third-order valence-corrected chi connectivity index (χ3v) is 8.51. The number of rotatable bonds is 3. The van der Waals surface area contributed by atoms with Crippen LogP contribution in [0.25, 0.3) is 10.9 Å². The number of benzene rings is 2. The molecule has 184 valence electrons. The average molecular weight is 486 g/mol. The number of piperidine rings is 2. The lowest BCUT2D eigenvalue weighted by Crippen LogP contribution is -2.52. The molecule has 0 aliphatic carbocycles. The predicted octanol–water partition coefficient (Wildman–Crippen LogP) is 2.25. The van der Waals surface area contributed by atoms with E-state index in [-0.39, 0.29) is 29.6 Å². The molecule has 1 atom stereocenters. The van der Waals surface area contributed by atoms with E-state index in [4.69, 9.17) is 4.74 Å². The molecule has 0 radical (unpaired) electrons. The molecule has 3 aromatic rings. The van der Waals surface area contributed by atoms with Gasteiger partial charge in [0, 0.05) is 40.5 Å². The SMILES string of the molecule is O=C1CC[C@H](N2Cc3c(ccc4c3OCC43CCN(Cc4cccc5[nH]ncc45)CC3)C2=O)C(=O)N1. The van der Waals surface area contributed by atoms with Crippen LogP contribution < -0.4 is 10.1 Å². The van der Waals surface area contributed by atoms with E-state index in [9.17, 15) is 14.4 Å². The van der Waals surface area contributed by atoms with Crippen molar-refractivity contribution in [3.05, 3.63) is 58.8 Å². The zero-order valence-electron chi connectivity index (χ0n) is 19.9. The molecule has 4 aliphatic heterocycles. The van der Waals surface area contributed by atoms with Gasteiger partial charge in [0.15, 0.2) is 0 Å². The highest BCUT2D eigenvalue weighted by Gasteiger charge is 2.47. The number of amides is 3. The Balaban J connectivity index is 1.10. The van der Waals surface area contributed by atoms with Crippen molar-refractivity contribution in [2.24, 2.45) is 0 Å². The summed E-state index contributed by atoms with van der Waals surface area (Å²) in [5.41, 5.74) is 4.98. The van der Waals surface area contributed by atoms with E-state index < -0.39 is 6.04 Å². The molecule has 0 unspecified atom stereocenters. The number of likely N-dealkylation sites (tertiary alicyclic amines) is 1. The number of nitrogens with one attached hydrogen (secondary N) is 2. The minimum absolute atomic E-state index is 0.0480. The first-order valence-electron chi connectivity index (χ1n) is 12.6. The molecule has 0 saturated carbocycles. The highest BCUT2D eigenvalue weighted by atomic mass is 16.5. The zero-order chi connectivity index (χ0) is 24.4. The monoisotopic (exact) mass is 485 g/mol. The molecule has 36 heavy (non-hydrogen) atoms. The maximum atomic E-state index is 13.2. The molecule has 0 bridgehead atoms. The third-order valence-electron chi connectivity index (χ3n) is 8.51. The highest BCUT2D eigenvalue weighted by Crippen LogP contribution is 2.49. The van der Waals surface area contributed by atoms with Crippen LogP contribution in [0.5, 0.6) is 5.75 Å². The van der Waals surface area contributed by atoms with E-state index in [1.54, 1.807) is 4.90 Å². The maximum Gasteiger partial charge on any atom is 0.255 e. The van der Waals surface area contributed by atoms with E-state index in [0.29, 0.717) is 25.1 Å². The lowest BCUT2D eigenvalue weighted by Gasteiger charge is -2.38. The Morgan fingerprint density at radius 3 is 2.81 bits per heavy atom. The second-order valence-corrected chi connectivity index (χ2v) is 10.5. The minimum atomic E-state index is -0.614. The van der Waals surface area contributed by atoms with E-state index >= 15 is 0 Å². The molecular weight excluding hydrogens is 458 g/mol. The van der Waals surface area contributed by atoms with Crippen LogP contribution in [0.4, 0.5) is 0 Å². The number of hydrogen-bond donors (Lipinski definition) is 2. The van der Waals surface area contributed by atoms with Crippen molar-refractivity contribution in [1.82, 2.24) is 25.3 Å². The van der Waals surface area contributed by atoms with Crippen LogP contribution in [0, 0.1) is 0 Å². The number of aromatic amines is 1. The van der Waals surface area contributed by atoms with Crippen molar-refractivity contribution in [2.75, 3.05) is 19.7 Å². The summed E-state index contributed by atoms with van der Waals surface area (Å²) >= 11 is 0. The Bertz CT molecular complexity index is 1420. The van der Waals surface area contributed by atoms with E-state index in [2.05, 4.69) is 38.6 Å². The molecule has 2 N–H and O–H groups in total. The Morgan fingerprint density at radius 1 is 1.11 bits per heavy atom. The van der Waals surface area contributed by atoms with Gasteiger partial charge in [0.05, 0.1) is 24.9 Å². The van der Waals surface area contributed by atoms with Crippen molar-refractivity contribution in [3.8, 4) is 5.75 Å². The van der Waals surface area contributed by atoms with Crippen molar-refractivity contribution in [1.29, 1.82) is 0 Å². The first kappa shape index (κ1) is 21.6. The molecule has 1 aromatic heterocycles. The van der Waals surface area contributed by atoms with Crippen LogP contribution >= 0.6 is 0 Å². The molecule has 2 aromatic carbocycles. The summed E-state index contributed by atoms with van der Waals surface area (Å²) in [6, 6.07) is 9.65. The van der Waals surface area contributed by atoms with Crippen molar-refractivity contribution >= 4 is 28.6 Å². The molecular formula is C27H27N5O4. The minimum Gasteiger partial charge on any atom is -0.492 e. The normalized spacial score (nSPS) is 23.2. The number of imide groups is 1. The van der Waals surface area contributed by atoms with Crippen molar-refractivity contribution in [2.45, 2.75) is 50.2 Å². The van der Waals surface area contributed by atoms with Gasteiger partial charge in [-0.1, -0.05) is 18.2 Å². The third kappa shape index (κ3) is 3.19. The fraction of sp³-hybridized carbons (Fsp3) is 0.407. The van der Waals surface area contributed by atoms with Gasteiger partial charge in [-0.3, -0.25) is 29.7 Å². The molecule has 2 fully saturated rings. The number of aromatic nitrogens is 2. The summed E-state index contributed by atoms with van der Waals surface area (Å²) in [6.45, 7) is 3.79. The van der Waals surface area contributed by atoms with Crippen LogP contribution in [0.2, 0.25) is 0 Å². The van der Waals surface area contributed by atoms with Crippen LogP contribution in [0.3, 0.4) is 0 Å². The fourth-order valence-electron chi connectivity index (χ4n) is 6.44. The first-order chi connectivity index (χ1) is 17.5. The van der Waals surface area contributed by atoms with Gasteiger partial charge < -0.3 is 9.64 Å². The highest BCUT2D eigenvalue weighted by molar-refractivity contribution is 6.05. The predicted molar refractivity (Wildman–Crippen MR) is 130 cm³/mol. The van der Waals surface area contributed by atoms with Gasteiger partial charge in [-0.2, -0.15) is 5.10 Å². The smallest absolute Gasteiger partial charge is 0.255 e. The number of ether oxygens (including phenoxy) is 1. The van der Waals surface area contributed by atoms with Crippen LogP contribution in [0.15, 0.2) is 36.5 Å². The zero-order valence-corrected chi connectivity index (χ0v) is 19.9. The lowest BCUT2D eigenvalue weighted by atomic mass is 9.74. The lowest BCUT2D eigenvalue weighted by molar-refractivity contribution is -0.136. The Hall–Kier alpha value is -3.72. The van der Waals surface area contributed by atoms with Crippen LogP contribution in [0.1, 0.15) is 52.7 Å². The maximum absolute atomic E-state index is 13.2. The largest absolute Gasteiger partial charge is 0.492 e. The second kappa shape index (κ2) is 7.89. The Kier molecular flexibility index (Phi) is 4.73. The molecule has 7 rings (SSSR count). The van der Waals surface area contributed by atoms with Crippen LogP contribution in [-0.4, -0.2) is 63.5 Å². The van der Waals surface area contributed by atoms with Crippen molar-refractivity contribution < 1.29 is 19.1 Å². The molecule has 3 amide bonds. The number of H-pyrrole nitrogens is 1. The molecule has 9 heteroatoms. The van der Waals surface area contributed by atoms with Gasteiger partial charge in [-0.15, -0.1) is 0 Å². The Labute approximate surface area is 207 Å². The number of fused-ring (bicyclic) bond motifs is 5. The topological polar surface area (TPSA) is 108 Å². The molecule has 5 heterocycles. The summed E-state index contributed by atoms with van der Waals surface area (Å²) in [7, 11) is 0. The standard InChI is InChI=1S/C27H27N5O4/c33-23-7-6-22(25(34)29-23)32-14-19-17(26(32)35)4-5-20-24(19)36-15-27(20)8-10-31(11-9-27)13-16-2-1-3-21-18(16)12-28-30-21/h1-5,12,22H,6-11,13-15H2,(H,28,30)(H,29,33,34)/t22-/m0/s1. The van der Waals surface area contributed by atoms with E-state index in [1.165, 1.54) is 16.5 Å². The number of hydrogen-bond acceptors (Lipinski definition) is 6. The number of carbonyl (C=O) groups is 3. The quantitative estimate of drug-likeness (QED) is 0.551.